The molecule has 3 rings (SSSR count). The average Bonchev–Trinajstić information content (AvgIpc) is 3.07. The second-order valence-corrected chi connectivity index (χ2v) is 5.96. The van der Waals surface area contributed by atoms with E-state index in [-0.39, 0.29) is 12.5 Å². The van der Waals surface area contributed by atoms with E-state index in [0.717, 1.165) is 5.56 Å². The van der Waals surface area contributed by atoms with Crippen molar-refractivity contribution in [3.8, 4) is 5.75 Å². The average molecular weight is 345 g/mol. The number of carbonyl (C=O) groups excluding carboxylic acids is 1. The van der Waals surface area contributed by atoms with Crippen LogP contribution in [-0.2, 0) is 15.9 Å². The third-order valence-corrected chi connectivity index (χ3v) is 4.07. The predicted octanol–water partition coefficient (Wildman–Crippen LogP) is 3.30. The van der Waals surface area contributed by atoms with E-state index in [0.29, 0.717) is 31.0 Å². The van der Waals surface area contributed by atoms with Gasteiger partial charge in [-0.15, -0.1) is 0 Å². The smallest absolute Gasteiger partial charge is 0.414 e. The molecule has 1 fully saturated rings. The number of methoxy groups -OCH3 is 1. The summed E-state index contributed by atoms with van der Waals surface area (Å²) in [6, 6.07) is 5.18. The van der Waals surface area contributed by atoms with Crippen molar-refractivity contribution in [1.82, 2.24) is 0 Å². The summed E-state index contributed by atoms with van der Waals surface area (Å²) >= 11 is 0. The lowest BCUT2D eigenvalue weighted by molar-refractivity contribution is -0.138. The maximum absolute atomic E-state index is 12.3. The zero-order valence-electron chi connectivity index (χ0n) is 13.1. The second kappa shape index (κ2) is 6.51. The molecule has 8 heteroatoms. The van der Waals surface area contributed by atoms with Crippen molar-refractivity contribution < 1.29 is 32.2 Å². The zero-order valence-corrected chi connectivity index (χ0v) is 13.1. The standard InChI is InChI=1S/C16H18F3NO4/c1-22-9-13-8-20(15(21)24-13)11-2-3-14-10(6-11)7-12(23-14)4-5-16(17,18)19/h2-3,6,12-13H,4-5,7-9H2,1H3/t12?,13-/m1/s1. The van der Waals surface area contributed by atoms with E-state index < -0.39 is 24.8 Å². The molecule has 0 bridgehead atoms. The number of benzene rings is 1. The van der Waals surface area contributed by atoms with Gasteiger partial charge in [0.1, 0.15) is 18.0 Å². The number of rotatable bonds is 5. The number of cyclic esters (lactones) is 1. The molecule has 24 heavy (non-hydrogen) atoms. The van der Waals surface area contributed by atoms with Gasteiger partial charge in [-0.25, -0.2) is 4.79 Å². The van der Waals surface area contributed by atoms with Gasteiger partial charge in [0.2, 0.25) is 0 Å². The van der Waals surface area contributed by atoms with Crippen LogP contribution in [0.5, 0.6) is 5.75 Å². The normalized spacial score (nSPS) is 23.2. The minimum absolute atomic E-state index is 0.0742. The third kappa shape index (κ3) is 3.75. The number of anilines is 1. The summed E-state index contributed by atoms with van der Waals surface area (Å²) in [5, 5.41) is 0. The fraction of sp³-hybridized carbons (Fsp3) is 0.562. The van der Waals surface area contributed by atoms with Crippen LogP contribution >= 0.6 is 0 Å². The molecule has 2 atom stereocenters. The molecule has 2 heterocycles. The van der Waals surface area contributed by atoms with Crippen LogP contribution in [0.25, 0.3) is 0 Å². The minimum Gasteiger partial charge on any atom is -0.490 e. The van der Waals surface area contributed by atoms with Gasteiger partial charge in [-0.2, -0.15) is 13.2 Å². The number of amides is 1. The molecule has 0 radical (unpaired) electrons. The van der Waals surface area contributed by atoms with Gasteiger partial charge in [-0.05, 0) is 30.2 Å². The molecule has 5 nitrogen and oxygen atoms in total. The Labute approximate surface area is 137 Å². The van der Waals surface area contributed by atoms with Gasteiger partial charge >= 0.3 is 12.3 Å². The van der Waals surface area contributed by atoms with Crippen LogP contribution in [0.4, 0.5) is 23.7 Å². The molecule has 1 saturated heterocycles. The first-order valence-corrected chi connectivity index (χ1v) is 7.69. The fourth-order valence-corrected chi connectivity index (χ4v) is 2.97. The number of nitrogens with zero attached hydrogens (tertiary/aromatic N) is 1. The topological polar surface area (TPSA) is 48.0 Å². The Hall–Kier alpha value is -1.96. The zero-order chi connectivity index (χ0) is 17.3. The Kier molecular flexibility index (Phi) is 4.58. The van der Waals surface area contributed by atoms with Gasteiger partial charge in [0.15, 0.2) is 0 Å². The van der Waals surface area contributed by atoms with E-state index in [9.17, 15) is 18.0 Å². The minimum atomic E-state index is -4.18. The SMILES string of the molecule is COC[C@H]1CN(c2ccc3c(c2)CC(CCC(F)(F)F)O3)C(=O)O1. The van der Waals surface area contributed by atoms with E-state index in [1.165, 1.54) is 12.0 Å². The molecular weight excluding hydrogens is 327 g/mol. The van der Waals surface area contributed by atoms with Gasteiger partial charge in [0.05, 0.1) is 13.2 Å². The van der Waals surface area contributed by atoms with Crippen molar-refractivity contribution in [2.75, 3.05) is 25.2 Å². The summed E-state index contributed by atoms with van der Waals surface area (Å²) in [6.07, 6.45) is -5.98. The Morgan fingerprint density at radius 3 is 2.79 bits per heavy atom. The molecular formula is C16H18F3NO4. The molecule has 0 spiro atoms. The highest BCUT2D eigenvalue weighted by Gasteiger charge is 2.34. The monoisotopic (exact) mass is 345 g/mol. The van der Waals surface area contributed by atoms with Crippen LogP contribution < -0.4 is 9.64 Å². The van der Waals surface area contributed by atoms with Gasteiger partial charge in [-0.3, -0.25) is 4.90 Å². The molecule has 0 saturated carbocycles. The summed E-state index contributed by atoms with van der Waals surface area (Å²) in [6.45, 7) is 0.694. The molecule has 1 unspecified atom stereocenters. The molecule has 2 aliphatic heterocycles. The Bertz CT molecular complexity index is 620. The lowest BCUT2D eigenvalue weighted by atomic mass is 10.1. The first-order valence-electron chi connectivity index (χ1n) is 7.69. The number of fused-ring (bicyclic) bond motifs is 1. The summed E-state index contributed by atoms with van der Waals surface area (Å²) in [4.78, 5) is 13.4. The quantitative estimate of drug-likeness (QED) is 0.822. The van der Waals surface area contributed by atoms with E-state index in [1.54, 1.807) is 18.2 Å². The largest absolute Gasteiger partial charge is 0.490 e. The van der Waals surface area contributed by atoms with E-state index in [4.69, 9.17) is 14.2 Å². The summed E-state index contributed by atoms with van der Waals surface area (Å²) < 4.78 is 52.7. The van der Waals surface area contributed by atoms with Crippen LogP contribution in [0, 0.1) is 0 Å². The number of hydrogen-bond acceptors (Lipinski definition) is 4. The van der Waals surface area contributed by atoms with Crippen molar-refractivity contribution in [1.29, 1.82) is 0 Å². The Morgan fingerprint density at radius 1 is 1.29 bits per heavy atom. The van der Waals surface area contributed by atoms with Crippen LogP contribution in [0.1, 0.15) is 18.4 Å². The van der Waals surface area contributed by atoms with E-state index in [1.807, 2.05) is 0 Å². The second-order valence-electron chi connectivity index (χ2n) is 5.96. The Morgan fingerprint density at radius 2 is 2.08 bits per heavy atom. The molecule has 0 aliphatic carbocycles. The van der Waals surface area contributed by atoms with Gasteiger partial charge in [-0.1, -0.05) is 0 Å². The molecule has 1 aromatic rings. The lowest BCUT2D eigenvalue weighted by Crippen LogP contribution is -2.25. The highest BCUT2D eigenvalue weighted by atomic mass is 19.4. The molecule has 2 aliphatic rings. The van der Waals surface area contributed by atoms with Crippen molar-refractivity contribution in [3.05, 3.63) is 23.8 Å². The van der Waals surface area contributed by atoms with Gasteiger partial charge < -0.3 is 14.2 Å². The first kappa shape index (κ1) is 16.9. The van der Waals surface area contributed by atoms with Gasteiger partial charge in [0.25, 0.3) is 0 Å². The molecule has 0 N–H and O–H groups in total. The maximum atomic E-state index is 12.3. The summed E-state index contributed by atoms with van der Waals surface area (Å²) in [5.41, 5.74) is 1.46. The summed E-state index contributed by atoms with van der Waals surface area (Å²) in [7, 11) is 1.53. The number of carbonyl (C=O) groups is 1. The number of halogens is 3. The predicted molar refractivity (Wildman–Crippen MR) is 79.3 cm³/mol. The highest BCUT2D eigenvalue weighted by molar-refractivity contribution is 5.90. The van der Waals surface area contributed by atoms with E-state index >= 15 is 0 Å². The van der Waals surface area contributed by atoms with Crippen LogP contribution in [-0.4, -0.2) is 44.7 Å². The van der Waals surface area contributed by atoms with Crippen molar-refractivity contribution >= 4 is 11.8 Å². The van der Waals surface area contributed by atoms with Crippen molar-refractivity contribution in [2.45, 2.75) is 37.6 Å². The number of ether oxygens (including phenoxy) is 3. The summed E-state index contributed by atoms with van der Waals surface area (Å²) in [5.74, 6) is 0.576. The highest BCUT2D eigenvalue weighted by Crippen LogP contribution is 2.36. The van der Waals surface area contributed by atoms with Crippen LogP contribution in [0.15, 0.2) is 18.2 Å². The fourth-order valence-electron chi connectivity index (χ4n) is 2.97. The lowest BCUT2D eigenvalue weighted by Gasteiger charge is -2.14. The van der Waals surface area contributed by atoms with Crippen molar-refractivity contribution in [2.24, 2.45) is 0 Å². The number of hydrogen-bond donors (Lipinski definition) is 0. The van der Waals surface area contributed by atoms with Crippen LogP contribution in [0.2, 0.25) is 0 Å². The van der Waals surface area contributed by atoms with Crippen LogP contribution in [0.3, 0.4) is 0 Å². The maximum Gasteiger partial charge on any atom is 0.414 e. The third-order valence-electron chi connectivity index (χ3n) is 4.07. The van der Waals surface area contributed by atoms with E-state index in [2.05, 4.69) is 0 Å². The molecule has 1 aromatic carbocycles. The molecule has 132 valence electrons. The molecule has 1 amide bonds. The van der Waals surface area contributed by atoms with Crippen molar-refractivity contribution in [3.63, 3.8) is 0 Å². The van der Waals surface area contributed by atoms with Gasteiger partial charge in [0, 0.05) is 25.6 Å². The number of alkyl halides is 3. The first-order chi connectivity index (χ1) is 11.4. The Balaban J connectivity index is 1.65. The molecule has 0 aromatic heterocycles.